The first kappa shape index (κ1) is 19.9. The minimum atomic E-state index is 0. The molecule has 1 atom stereocenters. The van der Waals surface area contributed by atoms with Crippen LogP contribution in [0.15, 0.2) is 40.9 Å². The van der Waals surface area contributed by atoms with E-state index in [-0.39, 0.29) is 24.8 Å². The Bertz CT molecular complexity index is 420. The van der Waals surface area contributed by atoms with Gasteiger partial charge in [-0.3, -0.25) is 4.90 Å². The summed E-state index contributed by atoms with van der Waals surface area (Å²) in [5.41, 5.74) is 2.62. The van der Waals surface area contributed by atoms with Crippen molar-refractivity contribution in [2.75, 3.05) is 26.2 Å². The van der Waals surface area contributed by atoms with Gasteiger partial charge in [0, 0.05) is 36.7 Å². The number of nitrogens with one attached hydrogen (secondary N) is 1. The van der Waals surface area contributed by atoms with Gasteiger partial charge in [0.05, 0.1) is 0 Å². The number of hydrogen-bond donors (Lipinski definition) is 1. The molecule has 1 saturated heterocycles. The van der Waals surface area contributed by atoms with E-state index < -0.39 is 0 Å². The second kappa shape index (κ2) is 9.80. The summed E-state index contributed by atoms with van der Waals surface area (Å²) in [4.78, 5) is 2.56. The zero-order valence-electron chi connectivity index (χ0n) is 11.8. The first-order valence-corrected chi connectivity index (χ1v) is 7.31. The van der Waals surface area contributed by atoms with Crippen LogP contribution in [0.5, 0.6) is 0 Å². The molecule has 5 heteroatoms. The average molecular weight is 382 g/mol. The Morgan fingerprint density at radius 3 is 2.45 bits per heavy atom. The quantitative estimate of drug-likeness (QED) is 0.786. The van der Waals surface area contributed by atoms with E-state index in [4.69, 9.17) is 0 Å². The molecule has 0 bridgehead atoms. The van der Waals surface area contributed by atoms with Crippen molar-refractivity contribution in [3.05, 3.63) is 46.5 Å². The van der Waals surface area contributed by atoms with Gasteiger partial charge in [-0.05, 0) is 25.0 Å². The third-order valence-corrected chi connectivity index (χ3v) is 4.12. The highest BCUT2D eigenvalue weighted by atomic mass is 79.9. The Balaban J connectivity index is 0.00000180. The standard InChI is InChI=1S/C15H21BrN2.2ClH/c1-12(2)11-15(18-9-7-17-8-10-18)13-5-3-4-6-14(13)16;;/h3-6,15,17H,1,7-11H2,2H3;2*1H/t15-;;/m0../s1. The van der Waals surface area contributed by atoms with Crippen LogP contribution < -0.4 is 5.32 Å². The maximum atomic E-state index is 4.09. The highest BCUT2D eigenvalue weighted by Gasteiger charge is 2.23. The molecule has 0 aliphatic carbocycles. The highest BCUT2D eigenvalue weighted by molar-refractivity contribution is 9.10. The molecule has 1 aliphatic rings. The molecule has 2 rings (SSSR count). The second-order valence-electron chi connectivity index (χ2n) is 4.98. The number of piperazine rings is 1. The Kier molecular flexibility index (Phi) is 9.77. The third-order valence-electron chi connectivity index (χ3n) is 3.40. The van der Waals surface area contributed by atoms with Crippen LogP contribution in [0, 0.1) is 0 Å². The van der Waals surface area contributed by atoms with Gasteiger partial charge in [-0.2, -0.15) is 0 Å². The number of rotatable bonds is 4. The molecule has 0 saturated carbocycles. The van der Waals surface area contributed by atoms with Crippen molar-refractivity contribution in [1.82, 2.24) is 10.2 Å². The molecule has 2 nitrogen and oxygen atoms in total. The monoisotopic (exact) mass is 380 g/mol. The van der Waals surface area contributed by atoms with Gasteiger partial charge in [0.2, 0.25) is 0 Å². The highest BCUT2D eigenvalue weighted by Crippen LogP contribution is 2.32. The molecule has 0 unspecified atom stereocenters. The average Bonchev–Trinajstić information content (AvgIpc) is 2.38. The molecule has 0 radical (unpaired) electrons. The molecule has 1 heterocycles. The molecule has 1 aromatic carbocycles. The second-order valence-corrected chi connectivity index (χ2v) is 5.84. The molecule has 0 amide bonds. The lowest BCUT2D eigenvalue weighted by Gasteiger charge is -2.36. The summed E-state index contributed by atoms with van der Waals surface area (Å²) in [5, 5.41) is 3.41. The molecule has 114 valence electrons. The predicted molar refractivity (Wildman–Crippen MR) is 95.3 cm³/mol. The van der Waals surface area contributed by atoms with E-state index in [9.17, 15) is 0 Å². The van der Waals surface area contributed by atoms with Crippen molar-refractivity contribution in [3.8, 4) is 0 Å². The first-order valence-electron chi connectivity index (χ1n) is 6.52. The summed E-state index contributed by atoms with van der Waals surface area (Å²) in [6.45, 7) is 10.6. The lowest BCUT2D eigenvalue weighted by molar-refractivity contribution is 0.172. The molecular formula is C15H23BrCl2N2. The molecule has 1 aromatic rings. The molecule has 1 N–H and O–H groups in total. The van der Waals surface area contributed by atoms with Crippen molar-refractivity contribution in [3.63, 3.8) is 0 Å². The Morgan fingerprint density at radius 1 is 1.30 bits per heavy atom. The number of nitrogens with zero attached hydrogens (tertiary/aromatic N) is 1. The van der Waals surface area contributed by atoms with Gasteiger partial charge in [-0.1, -0.05) is 39.7 Å². The molecule has 0 spiro atoms. The van der Waals surface area contributed by atoms with Gasteiger partial charge >= 0.3 is 0 Å². The molecule has 1 aliphatic heterocycles. The summed E-state index contributed by atoms with van der Waals surface area (Å²) < 4.78 is 1.20. The van der Waals surface area contributed by atoms with Crippen LogP contribution in [0.25, 0.3) is 0 Å². The minimum Gasteiger partial charge on any atom is -0.314 e. The van der Waals surface area contributed by atoms with E-state index in [1.54, 1.807) is 0 Å². The van der Waals surface area contributed by atoms with Crippen LogP contribution >= 0.6 is 40.7 Å². The molecule has 20 heavy (non-hydrogen) atoms. The minimum absolute atomic E-state index is 0. The van der Waals surface area contributed by atoms with E-state index in [1.165, 1.54) is 15.6 Å². The van der Waals surface area contributed by atoms with Gasteiger partial charge in [0.15, 0.2) is 0 Å². The lowest BCUT2D eigenvalue weighted by Crippen LogP contribution is -2.45. The largest absolute Gasteiger partial charge is 0.314 e. The van der Waals surface area contributed by atoms with Gasteiger partial charge in [-0.25, -0.2) is 0 Å². The fourth-order valence-electron chi connectivity index (χ4n) is 2.50. The smallest absolute Gasteiger partial charge is 0.0397 e. The fraction of sp³-hybridized carbons (Fsp3) is 0.467. The summed E-state index contributed by atoms with van der Waals surface area (Å²) in [7, 11) is 0. The maximum absolute atomic E-state index is 4.09. The number of hydrogen-bond acceptors (Lipinski definition) is 2. The molecular weight excluding hydrogens is 359 g/mol. The van der Waals surface area contributed by atoms with E-state index in [0.717, 1.165) is 32.6 Å². The normalized spacial score (nSPS) is 16.7. The Labute approximate surface area is 143 Å². The number of halogens is 3. The summed E-state index contributed by atoms with van der Waals surface area (Å²) >= 11 is 3.68. The third kappa shape index (κ3) is 5.38. The Hall–Kier alpha value is -0.0600. The van der Waals surface area contributed by atoms with Crippen molar-refractivity contribution in [1.29, 1.82) is 0 Å². The van der Waals surface area contributed by atoms with E-state index in [1.807, 2.05) is 0 Å². The van der Waals surface area contributed by atoms with E-state index in [2.05, 4.69) is 63.9 Å². The predicted octanol–water partition coefficient (Wildman–Crippen LogP) is 4.21. The van der Waals surface area contributed by atoms with Crippen molar-refractivity contribution in [2.24, 2.45) is 0 Å². The number of benzene rings is 1. The summed E-state index contributed by atoms with van der Waals surface area (Å²) in [5.74, 6) is 0. The van der Waals surface area contributed by atoms with Gasteiger partial charge in [0.1, 0.15) is 0 Å². The van der Waals surface area contributed by atoms with Crippen LogP contribution in [0.2, 0.25) is 0 Å². The van der Waals surface area contributed by atoms with Crippen molar-refractivity contribution in [2.45, 2.75) is 19.4 Å². The van der Waals surface area contributed by atoms with Crippen LogP contribution in [0.4, 0.5) is 0 Å². The maximum Gasteiger partial charge on any atom is 0.0397 e. The molecule has 1 fully saturated rings. The topological polar surface area (TPSA) is 15.3 Å². The van der Waals surface area contributed by atoms with Gasteiger partial charge < -0.3 is 5.32 Å². The van der Waals surface area contributed by atoms with Crippen LogP contribution in [0.1, 0.15) is 24.9 Å². The SMILES string of the molecule is C=C(C)C[C@@H](c1ccccc1Br)N1CCNCC1.Cl.Cl. The van der Waals surface area contributed by atoms with E-state index >= 15 is 0 Å². The zero-order valence-corrected chi connectivity index (χ0v) is 15.0. The Morgan fingerprint density at radius 2 is 1.90 bits per heavy atom. The fourth-order valence-corrected chi connectivity index (χ4v) is 3.05. The van der Waals surface area contributed by atoms with Crippen LogP contribution in [-0.2, 0) is 0 Å². The van der Waals surface area contributed by atoms with Gasteiger partial charge in [0.25, 0.3) is 0 Å². The van der Waals surface area contributed by atoms with Gasteiger partial charge in [-0.15, -0.1) is 31.4 Å². The molecule has 0 aromatic heterocycles. The van der Waals surface area contributed by atoms with Crippen molar-refractivity contribution < 1.29 is 0 Å². The van der Waals surface area contributed by atoms with Crippen molar-refractivity contribution >= 4 is 40.7 Å². The lowest BCUT2D eigenvalue weighted by atomic mass is 9.98. The zero-order chi connectivity index (χ0) is 13.0. The first-order chi connectivity index (χ1) is 8.68. The summed E-state index contributed by atoms with van der Waals surface area (Å²) in [6, 6.07) is 8.99. The van der Waals surface area contributed by atoms with Crippen LogP contribution in [0.3, 0.4) is 0 Å². The van der Waals surface area contributed by atoms with E-state index in [0.29, 0.717) is 6.04 Å². The summed E-state index contributed by atoms with van der Waals surface area (Å²) in [6.07, 6.45) is 1.03. The van der Waals surface area contributed by atoms with Crippen LogP contribution in [-0.4, -0.2) is 31.1 Å².